The molecule has 1 aromatic carbocycles. The molecule has 1 saturated carbocycles. The predicted octanol–water partition coefficient (Wildman–Crippen LogP) is 4.75. The first-order chi connectivity index (χ1) is 10.1. The Morgan fingerprint density at radius 1 is 1.29 bits per heavy atom. The lowest BCUT2D eigenvalue weighted by Crippen LogP contribution is -2.12. The molecule has 2 aromatic rings. The third-order valence-corrected chi connectivity index (χ3v) is 4.76. The van der Waals surface area contributed by atoms with Gasteiger partial charge in [-0.1, -0.05) is 43.5 Å². The number of aromatic amines is 1. The van der Waals surface area contributed by atoms with E-state index in [1.807, 2.05) is 0 Å². The molecule has 0 spiro atoms. The van der Waals surface area contributed by atoms with E-state index in [1.54, 1.807) is 18.2 Å². The minimum Gasteiger partial charge on any atom is -0.382 e. The summed E-state index contributed by atoms with van der Waals surface area (Å²) in [6.45, 7) is 2.27. The quantitative estimate of drug-likeness (QED) is 0.841. The second-order valence-corrected chi connectivity index (χ2v) is 6.36. The molecule has 3 rings (SSSR count). The van der Waals surface area contributed by atoms with Crippen LogP contribution >= 0.6 is 11.6 Å². The molecule has 3 N–H and O–H groups in total. The Hall–Kier alpha value is -1.55. The maximum absolute atomic E-state index is 14.3. The smallest absolute Gasteiger partial charge is 0.153 e. The molecule has 0 bridgehead atoms. The lowest BCUT2D eigenvalue weighted by Gasteiger charge is -2.26. The summed E-state index contributed by atoms with van der Waals surface area (Å²) in [7, 11) is 0. The molecule has 21 heavy (non-hydrogen) atoms. The van der Waals surface area contributed by atoms with Gasteiger partial charge in [-0.15, -0.1) is 0 Å². The number of anilines is 1. The van der Waals surface area contributed by atoms with Crippen molar-refractivity contribution in [2.45, 2.75) is 38.5 Å². The van der Waals surface area contributed by atoms with Crippen LogP contribution in [0, 0.1) is 11.7 Å². The second kappa shape index (κ2) is 5.68. The molecule has 0 atom stereocenters. The fraction of sp³-hybridized carbons (Fsp3) is 0.438. The van der Waals surface area contributed by atoms with Crippen LogP contribution in [-0.2, 0) is 0 Å². The van der Waals surface area contributed by atoms with Crippen LogP contribution in [0.2, 0.25) is 5.02 Å². The highest BCUT2D eigenvalue weighted by molar-refractivity contribution is 6.31. The van der Waals surface area contributed by atoms with E-state index in [0.717, 1.165) is 24.5 Å². The van der Waals surface area contributed by atoms with Gasteiger partial charge in [-0.2, -0.15) is 5.10 Å². The van der Waals surface area contributed by atoms with Gasteiger partial charge in [-0.3, -0.25) is 5.10 Å². The highest BCUT2D eigenvalue weighted by Crippen LogP contribution is 2.42. The summed E-state index contributed by atoms with van der Waals surface area (Å²) in [6, 6.07) is 4.98. The van der Waals surface area contributed by atoms with Crippen molar-refractivity contribution in [1.82, 2.24) is 10.2 Å². The molecular weight excluding hydrogens is 289 g/mol. The van der Waals surface area contributed by atoms with Gasteiger partial charge < -0.3 is 5.73 Å². The summed E-state index contributed by atoms with van der Waals surface area (Å²) >= 11 is 5.89. The van der Waals surface area contributed by atoms with Crippen molar-refractivity contribution in [3.05, 3.63) is 34.7 Å². The van der Waals surface area contributed by atoms with E-state index in [-0.39, 0.29) is 5.02 Å². The Balaban J connectivity index is 2.03. The van der Waals surface area contributed by atoms with Gasteiger partial charge in [-0.25, -0.2) is 4.39 Å². The molecule has 5 heteroatoms. The summed E-state index contributed by atoms with van der Waals surface area (Å²) in [5.74, 6) is 1.02. The summed E-state index contributed by atoms with van der Waals surface area (Å²) in [4.78, 5) is 0. The number of nitrogens with zero attached hydrogens (tertiary/aromatic N) is 1. The minimum absolute atomic E-state index is 0.108. The lowest BCUT2D eigenvalue weighted by atomic mass is 9.80. The molecule has 112 valence electrons. The van der Waals surface area contributed by atoms with Crippen LogP contribution < -0.4 is 5.73 Å². The normalized spacial score (nSPS) is 22.4. The average molecular weight is 308 g/mol. The zero-order valence-corrected chi connectivity index (χ0v) is 12.8. The van der Waals surface area contributed by atoms with Gasteiger partial charge in [-0.05, 0) is 24.8 Å². The van der Waals surface area contributed by atoms with E-state index in [2.05, 4.69) is 17.1 Å². The van der Waals surface area contributed by atoms with Crippen molar-refractivity contribution in [1.29, 1.82) is 0 Å². The van der Waals surface area contributed by atoms with Gasteiger partial charge in [0, 0.05) is 22.7 Å². The summed E-state index contributed by atoms with van der Waals surface area (Å²) in [6.07, 6.45) is 4.53. The van der Waals surface area contributed by atoms with Crippen molar-refractivity contribution < 1.29 is 4.39 Å². The van der Waals surface area contributed by atoms with E-state index >= 15 is 0 Å². The summed E-state index contributed by atoms with van der Waals surface area (Å²) in [5.41, 5.74) is 8.03. The number of aromatic nitrogens is 2. The van der Waals surface area contributed by atoms with E-state index in [0.29, 0.717) is 22.9 Å². The van der Waals surface area contributed by atoms with Crippen molar-refractivity contribution >= 4 is 17.4 Å². The highest BCUT2D eigenvalue weighted by Gasteiger charge is 2.27. The molecule has 0 saturated heterocycles. The van der Waals surface area contributed by atoms with Crippen LogP contribution in [0.15, 0.2) is 18.2 Å². The van der Waals surface area contributed by atoms with E-state index in [1.165, 1.54) is 12.8 Å². The van der Waals surface area contributed by atoms with Crippen LogP contribution in [0.1, 0.15) is 44.2 Å². The van der Waals surface area contributed by atoms with Crippen LogP contribution in [0.5, 0.6) is 0 Å². The Morgan fingerprint density at radius 3 is 2.71 bits per heavy atom. The van der Waals surface area contributed by atoms with E-state index in [9.17, 15) is 4.39 Å². The first-order valence-corrected chi connectivity index (χ1v) is 7.73. The number of benzene rings is 1. The molecule has 0 radical (unpaired) electrons. The van der Waals surface area contributed by atoms with Crippen LogP contribution in [-0.4, -0.2) is 10.2 Å². The van der Waals surface area contributed by atoms with Crippen LogP contribution in [0.4, 0.5) is 10.2 Å². The minimum atomic E-state index is -0.433. The second-order valence-electron chi connectivity index (χ2n) is 5.96. The van der Waals surface area contributed by atoms with Gasteiger partial charge >= 0.3 is 0 Å². The number of hydrogen-bond donors (Lipinski definition) is 2. The Morgan fingerprint density at radius 2 is 2.00 bits per heavy atom. The highest BCUT2D eigenvalue weighted by atomic mass is 35.5. The first kappa shape index (κ1) is 14.4. The van der Waals surface area contributed by atoms with Crippen LogP contribution in [0.3, 0.4) is 0 Å². The van der Waals surface area contributed by atoms with Gasteiger partial charge in [0.2, 0.25) is 0 Å². The molecule has 0 aliphatic heterocycles. The largest absolute Gasteiger partial charge is 0.382 e. The monoisotopic (exact) mass is 307 g/mol. The SMILES string of the molecule is CC1CCC(c2[nH]nc(N)c2-c2cccc(Cl)c2F)CC1. The van der Waals surface area contributed by atoms with Crippen molar-refractivity contribution in [2.75, 3.05) is 5.73 Å². The lowest BCUT2D eigenvalue weighted by molar-refractivity contribution is 0.344. The number of halogens is 2. The Bertz CT molecular complexity index is 645. The topological polar surface area (TPSA) is 54.7 Å². The molecule has 0 unspecified atom stereocenters. The predicted molar refractivity (Wildman–Crippen MR) is 83.8 cm³/mol. The fourth-order valence-corrected chi connectivity index (χ4v) is 3.37. The third kappa shape index (κ3) is 2.64. The van der Waals surface area contributed by atoms with Crippen LogP contribution in [0.25, 0.3) is 11.1 Å². The zero-order valence-electron chi connectivity index (χ0n) is 12.0. The van der Waals surface area contributed by atoms with Crippen molar-refractivity contribution in [3.8, 4) is 11.1 Å². The third-order valence-electron chi connectivity index (χ3n) is 4.47. The number of nitrogen functional groups attached to an aromatic ring is 1. The average Bonchev–Trinajstić information content (AvgIpc) is 2.85. The molecule has 1 aliphatic carbocycles. The molecular formula is C16H19ClFN3. The van der Waals surface area contributed by atoms with Gasteiger partial charge in [0.05, 0.1) is 5.02 Å². The van der Waals surface area contributed by atoms with Gasteiger partial charge in [0.25, 0.3) is 0 Å². The van der Waals surface area contributed by atoms with Crippen molar-refractivity contribution in [2.24, 2.45) is 5.92 Å². The maximum Gasteiger partial charge on any atom is 0.153 e. The summed E-state index contributed by atoms with van der Waals surface area (Å²) in [5, 5.41) is 7.23. The number of rotatable bonds is 2. The number of hydrogen-bond acceptors (Lipinski definition) is 2. The number of H-pyrrole nitrogens is 1. The first-order valence-electron chi connectivity index (χ1n) is 7.36. The Kier molecular flexibility index (Phi) is 3.89. The zero-order chi connectivity index (χ0) is 15.0. The fourth-order valence-electron chi connectivity index (χ4n) is 3.19. The van der Waals surface area contributed by atoms with Crippen molar-refractivity contribution in [3.63, 3.8) is 0 Å². The number of nitrogens with one attached hydrogen (secondary N) is 1. The van der Waals surface area contributed by atoms with Gasteiger partial charge in [0.1, 0.15) is 5.82 Å². The van der Waals surface area contributed by atoms with Gasteiger partial charge in [0.15, 0.2) is 5.82 Å². The molecule has 1 aromatic heterocycles. The Labute approximate surface area is 128 Å². The molecule has 0 amide bonds. The summed E-state index contributed by atoms with van der Waals surface area (Å²) < 4.78 is 14.3. The molecule has 1 heterocycles. The van der Waals surface area contributed by atoms with E-state index in [4.69, 9.17) is 17.3 Å². The maximum atomic E-state index is 14.3. The number of nitrogens with two attached hydrogens (primary N) is 1. The molecule has 3 nitrogen and oxygen atoms in total. The molecule has 1 fully saturated rings. The standard InChI is InChI=1S/C16H19ClFN3/c1-9-5-7-10(8-6-9)15-13(16(19)21-20-15)11-3-2-4-12(17)14(11)18/h2-4,9-10H,5-8H2,1H3,(H3,19,20,21). The molecule has 1 aliphatic rings. The van der Waals surface area contributed by atoms with E-state index < -0.39 is 5.82 Å².